The van der Waals surface area contributed by atoms with E-state index in [0.29, 0.717) is 5.75 Å². The summed E-state index contributed by atoms with van der Waals surface area (Å²) >= 11 is 4.16. The molecule has 0 unspecified atom stereocenters. The van der Waals surface area contributed by atoms with Crippen LogP contribution in [0.4, 0.5) is 0 Å². The maximum absolute atomic E-state index is 11.1. The number of thioether (sulfide) groups is 2. The molecule has 1 aromatic carbocycles. The number of aromatic hydroxyl groups is 1. The molecule has 0 atom stereocenters. The molecule has 0 saturated carbocycles. The molecule has 0 aliphatic carbocycles. The number of unbranched alkanes of at least 4 members (excludes halogenated alkanes) is 12. The topological polar surface area (TPSA) is 20.2 Å². The predicted molar refractivity (Wildman–Crippen MR) is 178 cm³/mol. The molecule has 3 heteroatoms. The van der Waals surface area contributed by atoms with Crippen molar-refractivity contribution in [3.63, 3.8) is 0 Å². The standard InChI is InChI=1S/C35H64OS2/c1-10-12-14-16-18-20-22-24-34(6,7)37-26-31-28(3)32(30(5)33(36)29(31)4)27-38-35(8,9)25-23-21-19-17-15-13-11-2/h36H,10-27H2,1-9H3. The van der Waals surface area contributed by atoms with Crippen LogP contribution in [0.1, 0.15) is 172 Å². The van der Waals surface area contributed by atoms with Gasteiger partial charge in [-0.2, -0.15) is 23.5 Å². The molecule has 0 heterocycles. The van der Waals surface area contributed by atoms with E-state index >= 15 is 0 Å². The lowest BCUT2D eigenvalue weighted by molar-refractivity contribution is 0.465. The van der Waals surface area contributed by atoms with E-state index in [1.807, 2.05) is 0 Å². The lowest BCUT2D eigenvalue weighted by Crippen LogP contribution is -2.16. The Bertz CT molecular complexity index is 720. The summed E-state index contributed by atoms with van der Waals surface area (Å²) < 4.78 is 0.548. The number of benzene rings is 1. The van der Waals surface area contributed by atoms with E-state index in [0.717, 1.165) is 22.6 Å². The van der Waals surface area contributed by atoms with Gasteiger partial charge in [0.05, 0.1) is 0 Å². The smallest absolute Gasteiger partial charge is 0.122 e. The molecule has 0 radical (unpaired) electrons. The maximum atomic E-state index is 11.1. The summed E-state index contributed by atoms with van der Waals surface area (Å²) in [6.45, 7) is 20.8. The van der Waals surface area contributed by atoms with Crippen LogP contribution in [0.5, 0.6) is 5.75 Å². The van der Waals surface area contributed by atoms with Crippen LogP contribution in [0.2, 0.25) is 0 Å². The van der Waals surface area contributed by atoms with E-state index in [1.54, 1.807) is 0 Å². The first kappa shape index (κ1) is 35.7. The average molecular weight is 565 g/mol. The highest BCUT2D eigenvalue weighted by Gasteiger charge is 2.24. The normalized spacial score (nSPS) is 12.4. The second-order valence-corrected chi connectivity index (χ2v) is 16.4. The van der Waals surface area contributed by atoms with Crippen molar-refractivity contribution < 1.29 is 5.11 Å². The van der Waals surface area contributed by atoms with Gasteiger partial charge in [0.2, 0.25) is 0 Å². The first-order valence-electron chi connectivity index (χ1n) is 16.0. The zero-order valence-electron chi connectivity index (χ0n) is 27.0. The molecule has 0 fully saturated rings. The molecular formula is C35H64OS2. The van der Waals surface area contributed by atoms with Crippen molar-refractivity contribution in [2.24, 2.45) is 0 Å². The molecule has 0 aliphatic heterocycles. The summed E-state index contributed by atoms with van der Waals surface area (Å²) in [7, 11) is 0. The number of phenolic OH excluding ortho intramolecular Hbond substituents is 1. The lowest BCUT2D eigenvalue weighted by atomic mass is 9.94. The van der Waals surface area contributed by atoms with E-state index < -0.39 is 0 Å². The van der Waals surface area contributed by atoms with Crippen LogP contribution in [0.3, 0.4) is 0 Å². The Morgan fingerprint density at radius 3 is 1.16 bits per heavy atom. The fourth-order valence-electron chi connectivity index (χ4n) is 5.44. The molecule has 222 valence electrons. The van der Waals surface area contributed by atoms with Gasteiger partial charge in [0.1, 0.15) is 5.75 Å². The molecular weight excluding hydrogens is 501 g/mol. The van der Waals surface area contributed by atoms with Crippen LogP contribution in [0.15, 0.2) is 0 Å². The summed E-state index contributed by atoms with van der Waals surface area (Å²) in [4.78, 5) is 0. The molecule has 0 saturated heterocycles. The summed E-state index contributed by atoms with van der Waals surface area (Å²) in [5, 5.41) is 11.1. The van der Waals surface area contributed by atoms with Gasteiger partial charge in [-0.3, -0.25) is 0 Å². The van der Waals surface area contributed by atoms with Gasteiger partial charge in [0, 0.05) is 21.0 Å². The van der Waals surface area contributed by atoms with Crippen molar-refractivity contribution in [2.45, 2.75) is 186 Å². The van der Waals surface area contributed by atoms with Gasteiger partial charge in [-0.15, -0.1) is 0 Å². The quantitative estimate of drug-likeness (QED) is 0.141. The van der Waals surface area contributed by atoms with Crippen LogP contribution in [-0.4, -0.2) is 14.6 Å². The van der Waals surface area contributed by atoms with Crippen LogP contribution < -0.4 is 0 Å². The van der Waals surface area contributed by atoms with Crippen LogP contribution in [0.25, 0.3) is 0 Å². The van der Waals surface area contributed by atoms with Crippen molar-refractivity contribution >= 4 is 23.5 Å². The highest BCUT2D eigenvalue weighted by Crippen LogP contribution is 2.41. The molecule has 1 aromatic rings. The van der Waals surface area contributed by atoms with Gasteiger partial charge >= 0.3 is 0 Å². The molecule has 1 rings (SSSR count). The van der Waals surface area contributed by atoms with Crippen molar-refractivity contribution in [1.82, 2.24) is 0 Å². The van der Waals surface area contributed by atoms with Crippen molar-refractivity contribution in [1.29, 1.82) is 0 Å². The third kappa shape index (κ3) is 13.9. The second kappa shape index (κ2) is 19.0. The third-order valence-corrected chi connectivity index (χ3v) is 11.3. The van der Waals surface area contributed by atoms with E-state index in [9.17, 15) is 5.11 Å². The van der Waals surface area contributed by atoms with E-state index in [1.165, 1.54) is 119 Å². The highest BCUT2D eigenvalue weighted by atomic mass is 32.2. The highest BCUT2D eigenvalue weighted by molar-refractivity contribution is 8.00. The number of rotatable bonds is 22. The zero-order valence-corrected chi connectivity index (χ0v) is 28.6. The fraction of sp³-hybridized carbons (Fsp3) is 0.829. The zero-order chi connectivity index (χ0) is 28.6. The van der Waals surface area contributed by atoms with Gasteiger partial charge in [-0.05, 0) is 61.4 Å². The first-order chi connectivity index (χ1) is 18.0. The van der Waals surface area contributed by atoms with Gasteiger partial charge < -0.3 is 5.11 Å². The molecule has 0 amide bonds. The van der Waals surface area contributed by atoms with Gasteiger partial charge in [0.15, 0.2) is 0 Å². The van der Waals surface area contributed by atoms with Crippen molar-refractivity contribution in [3.8, 4) is 5.75 Å². The minimum atomic E-state index is 0.274. The van der Waals surface area contributed by atoms with Crippen LogP contribution >= 0.6 is 23.5 Å². The fourth-order valence-corrected chi connectivity index (χ4v) is 7.95. The molecule has 38 heavy (non-hydrogen) atoms. The van der Waals surface area contributed by atoms with E-state index in [2.05, 4.69) is 85.8 Å². The summed E-state index contributed by atoms with van der Waals surface area (Å²) in [6, 6.07) is 0. The number of hydrogen-bond acceptors (Lipinski definition) is 3. The van der Waals surface area contributed by atoms with E-state index in [-0.39, 0.29) is 9.49 Å². The Hall–Kier alpha value is -0.280. The second-order valence-electron chi connectivity index (χ2n) is 13.0. The summed E-state index contributed by atoms with van der Waals surface area (Å²) in [5.41, 5.74) is 6.33. The maximum Gasteiger partial charge on any atom is 0.122 e. The van der Waals surface area contributed by atoms with E-state index in [4.69, 9.17) is 0 Å². The molecule has 0 spiro atoms. The Morgan fingerprint density at radius 1 is 0.500 bits per heavy atom. The predicted octanol–water partition coefficient (Wildman–Crippen LogP) is 12.6. The Balaban J connectivity index is 2.67. The van der Waals surface area contributed by atoms with Crippen LogP contribution in [-0.2, 0) is 11.5 Å². The molecule has 0 aliphatic rings. The Kier molecular flexibility index (Phi) is 17.8. The van der Waals surface area contributed by atoms with Crippen molar-refractivity contribution in [2.75, 3.05) is 0 Å². The Morgan fingerprint density at radius 2 is 0.816 bits per heavy atom. The number of phenols is 1. The minimum Gasteiger partial charge on any atom is -0.507 e. The van der Waals surface area contributed by atoms with Crippen LogP contribution in [0, 0.1) is 20.8 Å². The summed E-state index contributed by atoms with van der Waals surface area (Å²) in [6.07, 6.45) is 21.8. The monoisotopic (exact) mass is 564 g/mol. The molecule has 1 nitrogen and oxygen atoms in total. The molecule has 0 aromatic heterocycles. The molecule has 0 bridgehead atoms. The van der Waals surface area contributed by atoms with Gasteiger partial charge in [-0.25, -0.2) is 0 Å². The largest absolute Gasteiger partial charge is 0.507 e. The van der Waals surface area contributed by atoms with Crippen molar-refractivity contribution in [3.05, 3.63) is 27.8 Å². The SMILES string of the molecule is CCCCCCCCCC(C)(C)SCc1c(C)c(O)c(C)c(CSC(C)(C)CCCCCCCCC)c1C. The third-order valence-electron chi connectivity index (χ3n) is 8.50. The average Bonchev–Trinajstić information content (AvgIpc) is 2.86. The lowest BCUT2D eigenvalue weighted by Gasteiger charge is -2.28. The Labute approximate surface area is 247 Å². The number of hydrogen-bond donors (Lipinski definition) is 1. The minimum absolute atomic E-state index is 0.274. The first-order valence-corrected chi connectivity index (χ1v) is 18.0. The van der Waals surface area contributed by atoms with Gasteiger partial charge in [0.25, 0.3) is 0 Å². The van der Waals surface area contributed by atoms with Gasteiger partial charge in [-0.1, -0.05) is 131 Å². The molecule has 1 N–H and O–H groups in total. The summed E-state index contributed by atoms with van der Waals surface area (Å²) in [5.74, 6) is 2.51.